The van der Waals surface area contributed by atoms with Crippen LogP contribution in [0.25, 0.3) is 0 Å². The maximum Gasteiger partial charge on any atom is 0.296 e. The zero-order valence-electron chi connectivity index (χ0n) is 10.3. The van der Waals surface area contributed by atoms with E-state index in [1.165, 1.54) is 0 Å². The highest BCUT2D eigenvalue weighted by Gasteiger charge is 2.03. The van der Waals surface area contributed by atoms with Crippen LogP contribution in [0.1, 0.15) is 9.88 Å². The lowest BCUT2D eigenvalue weighted by molar-refractivity contribution is 0.603. The molecule has 2 aromatic rings. The minimum atomic E-state index is -3.74. The van der Waals surface area contributed by atoms with E-state index < -0.39 is 10.2 Å². The third-order valence-corrected chi connectivity index (χ3v) is 3.69. The van der Waals surface area contributed by atoms with Crippen LogP contribution in [0.15, 0.2) is 30.5 Å². The van der Waals surface area contributed by atoms with Crippen molar-refractivity contribution in [1.29, 1.82) is 0 Å². The van der Waals surface area contributed by atoms with Gasteiger partial charge in [-0.3, -0.25) is 4.72 Å². The zero-order chi connectivity index (χ0) is 13.9. The summed E-state index contributed by atoms with van der Waals surface area (Å²) in [6.45, 7) is 2.59. The number of benzene rings is 1. The number of anilines is 2. The summed E-state index contributed by atoms with van der Waals surface area (Å²) in [6, 6.07) is 6.90. The molecule has 0 amide bonds. The predicted octanol–water partition coefficient (Wildman–Crippen LogP) is 1.68. The molecule has 0 spiro atoms. The monoisotopic (exact) mass is 298 g/mol. The Bertz CT molecular complexity index is 667. The molecule has 0 saturated carbocycles. The zero-order valence-corrected chi connectivity index (χ0v) is 11.9. The van der Waals surface area contributed by atoms with Crippen molar-refractivity contribution in [3.05, 3.63) is 40.3 Å². The maximum absolute atomic E-state index is 10.9. The second-order valence-corrected chi connectivity index (χ2v) is 6.54. The molecule has 1 heterocycles. The number of hydrogen-bond acceptors (Lipinski definition) is 5. The Hall–Kier alpha value is -1.64. The standard InChI is InChI=1S/C11H14N4O2S2/c1-8-13-6-11(18-8)7-14-9-3-2-4-10(5-9)15-19(12,16)17/h2-6,14-15H,7H2,1H3,(H2,12,16,17). The van der Waals surface area contributed by atoms with Crippen LogP contribution < -0.4 is 15.2 Å². The summed E-state index contributed by atoms with van der Waals surface area (Å²) >= 11 is 1.62. The van der Waals surface area contributed by atoms with Crippen LogP contribution in [0.3, 0.4) is 0 Å². The van der Waals surface area contributed by atoms with Gasteiger partial charge in [0.1, 0.15) is 0 Å². The molecular formula is C11H14N4O2S2. The third kappa shape index (κ3) is 4.51. The SMILES string of the molecule is Cc1ncc(CNc2cccc(NS(N)(=O)=O)c2)s1. The molecule has 0 aliphatic carbocycles. The van der Waals surface area contributed by atoms with E-state index in [1.54, 1.807) is 29.5 Å². The molecule has 0 aliphatic rings. The molecule has 0 aliphatic heterocycles. The van der Waals surface area contributed by atoms with Crippen LogP contribution in [0.4, 0.5) is 11.4 Å². The molecule has 19 heavy (non-hydrogen) atoms. The van der Waals surface area contributed by atoms with Crippen molar-refractivity contribution >= 4 is 32.9 Å². The highest BCUT2D eigenvalue weighted by Crippen LogP contribution is 2.18. The molecule has 0 unspecified atom stereocenters. The maximum atomic E-state index is 10.9. The number of hydrogen-bond donors (Lipinski definition) is 3. The molecule has 8 heteroatoms. The van der Waals surface area contributed by atoms with E-state index in [2.05, 4.69) is 15.0 Å². The first kappa shape index (κ1) is 13.8. The van der Waals surface area contributed by atoms with Gasteiger partial charge in [-0.05, 0) is 25.1 Å². The van der Waals surface area contributed by atoms with Crippen molar-refractivity contribution < 1.29 is 8.42 Å². The summed E-state index contributed by atoms with van der Waals surface area (Å²) in [4.78, 5) is 5.28. The van der Waals surface area contributed by atoms with Crippen molar-refractivity contribution in [2.45, 2.75) is 13.5 Å². The van der Waals surface area contributed by atoms with Gasteiger partial charge in [-0.1, -0.05) is 6.07 Å². The van der Waals surface area contributed by atoms with Gasteiger partial charge in [0.2, 0.25) is 0 Å². The summed E-state index contributed by atoms with van der Waals surface area (Å²) < 4.78 is 24.1. The van der Waals surface area contributed by atoms with Gasteiger partial charge < -0.3 is 5.32 Å². The Morgan fingerprint density at radius 3 is 2.74 bits per heavy atom. The average molecular weight is 298 g/mol. The Morgan fingerprint density at radius 1 is 1.37 bits per heavy atom. The number of nitrogens with zero attached hydrogens (tertiary/aromatic N) is 1. The molecule has 102 valence electrons. The second kappa shape index (κ2) is 5.55. The van der Waals surface area contributed by atoms with Crippen LogP contribution >= 0.6 is 11.3 Å². The Balaban J connectivity index is 2.03. The third-order valence-electron chi connectivity index (χ3n) is 2.26. The lowest BCUT2D eigenvalue weighted by Gasteiger charge is -2.08. The van der Waals surface area contributed by atoms with Crippen LogP contribution in [0.2, 0.25) is 0 Å². The van der Waals surface area contributed by atoms with Gasteiger partial charge in [-0.15, -0.1) is 11.3 Å². The van der Waals surface area contributed by atoms with Gasteiger partial charge in [0.25, 0.3) is 10.2 Å². The normalized spacial score (nSPS) is 11.3. The average Bonchev–Trinajstić information content (AvgIpc) is 2.71. The van der Waals surface area contributed by atoms with Crippen LogP contribution in [-0.2, 0) is 16.8 Å². The van der Waals surface area contributed by atoms with Gasteiger partial charge in [0, 0.05) is 16.8 Å². The summed E-state index contributed by atoms with van der Waals surface area (Å²) in [5, 5.41) is 9.13. The van der Waals surface area contributed by atoms with E-state index in [1.807, 2.05) is 19.2 Å². The summed E-state index contributed by atoms with van der Waals surface area (Å²) in [5.41, 5.74) is 1.23. The number of rotatable bonds is 5. The molecule has 0 radical (unpaired) electrons. The summed E-state index contributed by atoms with van der Waals surface area (Å²) in [5.74, 6) is 0. The van der Waals surface area contributed by atoms with Gasteiger partial charge in [0.15, 0.2) is 0 Å². The van der Waals surface area contributed by atoms with E-state index in [9.17, 15) is 8.42 Å². The summed E-state index contributed by atoms with van der Waals surface area (Å²) in [6.07, 6.45) is 1.82. The summed E-state index contributed by atoms with van der Waals surface area (Å²) in [7, 11) is -3.74. The predicted molar refractivity (Wildman–Crippen MR) is 77.3 cm³/mol. The van der Waals surface area contributed by atoms with Crippen LogP contribution in [-0.4, -0.2) is 13.4 Å². The molecule has 6 nitrogen and oxygen atoms in total. The van der Waals surface area contributed by atoms with E-state index >= 15 is 0 Å². The lowest BCUT2D eigenvalue weighted by atomic mass is 10.3. The second-order valence-electron chi connectivity index (χ2n) is 3.93. The Kier molecular flexibility index (Phi) is 4.03. The highest BCUT2D eigenvalue weighted by molar-refractivity contribution is 7.90. The van der Waals surface area contributed by atoms with Crippen LogP contribution in [0.5, 0.6) is 0 Å². The first-order chi connectivity index (χ1) is 8.92. The van der Waals surface area contributed by atoms with E-state index in [-0.39, 0.29) is 0 Å². The molecule has 4 N–H and O–H groups in total. The van der Waals surface area contributed by atoms with Crippen molar-refractivity contribution in [2.75, 3.05) is 10.0 Å². The van der Waals surface area contributed by atoms with Gasteiger partial charge in [0.05, 0.1) is 17.2 Å². The topological polar surface area (TPSA) is 97.1 Å². The number of thiazole rings is 1. The Labute approximate surface area is 115 Å². The number of aryl methyl sites for hydroxylation is 1. The minimum Gasteiger partial charge on any atom is -0.380 e. The first-order valence-electron chi connectivity index (χ1n) is 5.48. The molecule has 0 fully saturated rings. The van der Waals surface area contributed by atoms with Crippen molar-refractivity contribution in [3.8, 4) is 0 Å². The van der Waals surface area contributed by atoms with E-state index in [4.69, 9.17) is 5.14 Å². The quantitative estimate of drug-likeness (QED) is 0.782. The van der Waals surface area contributed by atoms with Crippen LogP contribution in [0, 0.1) is 6.92 Å². The molecule has 1 aromatic heterocycles. The van der Waals surface area contributed by atoms with Gasteiger partial charge in [-0.25, -0.2) is 10.1 Å². The highest BCUT2D eigenvalue weighted by atomic mass is 32.2. The fourth-order valence-corrected chi connectivity index (χ4v) is 2.72. The molecular weight excluding hydrogens is 284 g/mol. The first-order valence-corrected chi connectivity index (χ1v) is 7.84. The van der Waals surface area contributed by atoms with Gasteiger partial charge >= 0.3 is 0 Å². The van der Waals surface area contributed by atoms with E-state index in [0.717, 1.165) is 15.6 Å². The molecule has 0 bridgehead atoms. The number of nitrogens with one attached hydrogen (secondary N) is 2. The number of nitrogens with two attached hydrogens (primary N) is 1. The molecule has 0 saturated heterocycles. The molecule has 1 aromatic carbocycles. The minimum absolute atomic E-state index is 0.424. The van der Waals surface area contributed by atoms with Crippen molar-refractivity contribution in [3.63, 3.8) is 0 Å². The molecule has 2 rings (SSSR count). The van der Waals surface area contributed by atoms with Crippen molar-refractivity contribution in [1.82, 2.24) is 4.98 Å². The largest absolute Gasteiger partial charge is 0.380 e. The number of aromatic nitrogens is 1. The van der Waals surface area contributed by atoms with Gasteiger partial charge in [-0.2, -0.15) is 8.42 Å². The molecule has 0 atom stereocenters. The smallest absolute Gasteiger partial charge is 0.296 e. The Morgan fingerprint density at radius 2 is 2.11 bits per heavy atom. The van der Waals surface area contributed by atoms with E-state index in [0.29, 0.717) is 12.2 Å². The fourth-order valence-electron chi connectivity index (χ4n) is 1.53. The lowest BCUT2D eigenvalue weighted by Crippen LogP contribution is -2.21. The van der Waals surface area contributed by atoms with Crippen molar-refractivity contribution in [2.24, 2.45) is 5.14 Å². The fraction of sp³-hybridized carbons (Fsp3) is 0.182.